The van der Waals surface area contributed by atoms with Crippen molar-refractivity contribution in [1.29, 1.82) is 0 Å². The first-order valence-electron chi connectivity index (χ1n) is 7.26. The van der Waals surface area contributed by atoms with Gasteiger partial charge in [0.25, 0.3) is 0 Å². The minimum Gasteiger partial charge on any atom is -0.324 e. The minimum absolute atomic E-state index is 0.0614. The van der Waals surface area contributed by atoms with Gasteiger partial charge in [-0.05, 0) is 66.5 Å². The Morgan fingerprint density at radius 3 is 2.70 bits per heavy atom. The van der Waals surface area contributed by atoms with Crippen LogP contribution in [0.2, 0.25) is 0 Å². The second kappa shape index (κ2) is 5.71. The third-order valence-electron chi connectivity index (χ3n) is 4.24. The lowest BCUT2D eigenvalue weighted by Gasteiger charge is -2.14. The van der Waals surface area contributed by atoms with Gasteiger partial charge in [0.15, 0.2) is 0 Å². The summed E-state index contributed by atoms with van der Waals surface area (Å²) in [7, 11) is 0. The molecule has 1 nitrogen and oxygen atoms in total. The molecule has 2 aromatic carbocycles. The number of hydrogen-bond acceptors (Lipinski definition) is 1. The lowest BCUT2D eigenvalue weighted by atomic mass is 9.97. The van der Waals surface area contributed by atoms with Crippen LogP contribution in [-0.2, 0) is 19.3 Å². The zero-order valence-corrected chi connectivity index (χ0v) is 13.4. The van der Waals surface area contributed by atoms with E-state index in [1.165, 1.54) is 47.1 Å². The van der Waals surface area contributed by atoms with Crippen molar-refractivity contribution < 1.29 is 0 Å². The zero-order valence-electron chi connectivity index (χ0n) is 11.8. The zero-order chi connectivity index (χ0) is 14.1. The molecule has 1 unspecified atom stereocenters. The molecule has 0 radical (unpaired) electrons. The molecule has 0 spiro atoms. The molecule has 2 heteroatoms. The van der Waals surface area contributed by atoms with Crippen LogP contribution in [0.1, 0.15) is 40.3 Å². The molecule has 0 aromatic heterocycles. The summed E-state index contributed by atoms with van der Waals surface area (Å²) in [6.07, 6.45) is 4.68. The molecule has 1 atom stereocenters. The van der Waals surface area contributed by atoms with Crippen molar-refractivity contribution in [3.05, 3.63) is 68.7 Å². The summed E-state index contributed by atoms with van der Waals surface area (Å²) in [6, 6.07) is 13.4. The topological polar surface area (TPSA) is 26.0 Å². The second-order valence-corrected chi connectivity index (χ2v) is 6.63. The Balaban J connectivity index is 1.78. The highest BCUT2D eigenvalue weighted by atomic mass is 79.9. The molecular weight excluding hydrogens is 310 g/mol. The molecule has 0 saturated heterocycles. The third-order valence-corrected chi connectivity index (χ3v) is 5.10. The summed E-state index contributed by atoms with van der Waals surface area (Å²) in [5.74, 6) is 0. The Morgan fingerprint density at radius 1 is 1.10 bits per heavy atom. The van der Waals surface area contributed by atoms with Gasteiger partial charge in [-0.15, -0.1) is 0 Å². The van der Waals surface area contributed by atoms with E-state index in [2.05, 4.69) is 59.3 Å². The molecule has 2 N–H and O–H groups in total. The van der Waals surface area contributed by atoms with Crippen molar-refractivity contribution in [3.8, 4) is 0 Å². The van der Waals surface area contributed by atoms with Crippen LogP contribution < -0.4 is 5.73 Å². The third kappa shape index (κ3) is 2.82. The van der Waals surface area contributed by atoms with Gasteiger partial charge in [0.1, 0.15) is 0 Å². The fourth-order valence-corrected chi connectivity index (χ4v) is 3.36. The van der Waals surface area contributed by atoms with Crippen LogP contribution in [-0.4, -0.2) is 0 Å². The van der Waals surface area contributed by atoms with Crippen molar-refractivity contribution in [2.45, 2.75) is 38.6 Å². The predicted octanol–water partition coefficient (Wildman–Crippen LogP) is 4.49. The Hall–Kier alpha value is -1.12. The summed E-state index contributed by atoms with van der Waals surface area (Å²) in [6.45, 7) is 2.10. The summed E-state index contributed by atoms with van der Waals surface area (Å²) >= 11 is 3.58. The Kier molecular flexibility index (Phi) is 3.95. The van der Waals surface area contributed by atoms with Gasteiger partial charge in [-0.3, -0.25) is 0 Å². The van der Waals surface area contributed by atoms with Crippen LogP contribution >= 0.6 is 15.9 Å². The van der Waals surface area contributed by atoms with Crippen LogP contribution in [0, 0.1) is 6.92 Å². The van der Waals surface area contributed by atoms with E-state index in [4.69, 9.17) is 5.73 Å². The summed E-state index contributed by atoms with van der Waals surface area (Å²) in [4.78, 5) is 0. The highest BCUT2D eigenvalue weighted by Gasteiger charge is 2.13. The van der Waals surface area contributed by atoms with E-state index in [0.717, 1.165) is 10.9 Å². The Morgan fingerprint density at radius 2 is 1.90 bits per heavy atom. The minimum atomic E-state index is 0.0614. The molecule has 3 rings (SSSR count). The van der Waals surface area contributed by atoms with E-state index in [1.54, 1.807) is 0 Å². The molecule has 0 fully saturated rings. The summed E-state index contributed by atoms with van der Waals surface area (Å²) in [5, 5.41) is 0. The van der Waals surface area contributed by atoms with Gasteiger partial charge in [-0.1, -0.05) is 46.3 Å². The van der Waals surface area contributed by atoms with E-state index < -0.39 is 0 Å². The summed E-state index contributed by atoms with van der Waals surface area (Å²) < 4.78 is 1.14. The lowest BCUT2D eigenvalue weighted by molar-refractivity contribution is 0.720. The number of fused-ring (bicyclic) bond motifs is 1. The quantitative estimate of drug-likeness (QED) is 0.882. The first-order chi connectivity index (χ1) is 9.63. The van der Waals surface area contributed by atoms with Crippen LogP contribution in [0.3, 0.4) is 0 Å². The van der Waals surface area contributed by atoms with Crippen molar-refractivity contribution in [2.24, 2.45) is 5.73 Å². The number of benzene rings is 2. The Labute approximate surface area is 129 Å². The standard InChI is InChI=1S/C18H20BrN/c1-12-5-7-16(11-17(12)19)18(20)10-13-6-8-14-3-2-4-15(14)9-13/h5-9,11,18H,2-4,10,20H2,1H3. The van der Waals surface area contributed by atoms with Gasteiger partial charge >= 0.3 is 0 Å². The number of aryl methyl sites for hydroxylation is 3. The van der Waals surface area contributed by atoms with E-state index >= 15 is 0 Å². The van der Waals surface area contributed by atoms with Crippen LogP contribution in [0.4, 0.5) is 0 Å². The van der Waals surface area contributed by atoms with E-state index in [0.29, 0.717) is 0 Å². The predicted molar refractivity (Wildman–Crippen MR) is 88.0 cm³/mol. The number of nitrogens with two attached hydrogens (primary N) is 1. The van der Waals surface area contributed by atoms with E-state index in [9.17, 15) is 0 Å². The molecule has 0 amide bonds. The van der Waals surface area contributed by atoms with Crippen LogP contribution in [0.15, 0.2) is 40.9 Å². The molecule has 0 aliphatic heterocycles. The molecule has 104 valence electrons. The maximum absolute atomic E-state index is 6.37. The molecule has 2 aromatic rings. The molecule has 1 aliphatic carbocycles. The van der Waals surface area contributed by atoms with Crippen molar-refractivity contribution in [2.75, 3.05) is 0 Å². The SMILES string of the molecule is Cc1ccc(C(N)Cc2ccc3c(c2)CCC3)cc1Br. The van der Waals surface area contributed by atoms with Crippen LogP contribution in [0.5, 0.6) is 0 Å². The molecule has 0 bridgehead atoms. The first kappa shape index (κ1) is 13.8. The largest absolute Gasteiger partial charge is 0.324 e. The van der Waals surface area contributed by atoms with Gasteiger partial charge in [0.2, 0.25) is 0 Å². The highest BCUT2D eigenvalue weighted by Crippen LogP contribution is 2.26. The van der Waals surface area contributed by atoms with Gasteiger partial charge in [-0.25, -0.2) is 0 Å². The number of rotatable bonds is 3. The molecule has 0 saturated carbocycles. The maximum Gasteiger partial charge on any atom is 0.0336 e. The highest BCUT2D eigenvalue weighted by molar-refractivity contribution is 9.10. The first-order valence-corrected chi connectivity index (χ1v) is 8.05. The average Bonchev–Trinajstić information content (AvgIpc) is 2.89. The second-order valence-electron chi connectivity index (χ2n) is 5.78. The van der Waals surface area contributed by atoms with Crippen molar-refractivity contribution >= 4 is 15.9 Å². The molecule has 0 heterocycles. The number of hydrogen-bond donors (Lipinski definition) is 1. The molecule has 20 heavy (non-hydrogen) atoms. The van der Waals surface area contributed by atoms with E-state index in [1.807, 2.05) is 0 Å². The van der Waals surface area contributed by atoms with Crippen molar-refractivity contribution in [1.82, 2.24) is 0 Å². The van der Waals surface area contributed by atoms with Crippen LogP contribution in [0.25, 0.3) is 0 Å². The van der Waals surface area contributed by atoms with Crippen molar-refractivity contribution in [3.63, 3.8) is 0 Å². The fourth-order valence-electron chi connectivity index (χ4n) is 2.96. The van der Waals surface area contributed by atoms with E-state index in [-0.39, 0.29) is 6.04 Å². The lowest BCUT2D eigenvalue weighted by Crippen LogP contribution is -2.13. The molecular formula is C18H20BrN. The van der Waals surface area contributed by atoms with Gasteiger partial charge in [-0.2, -0.15) is 0 Å². The van der Waals surface area contributed by atoms with Gasteiger partial charge in [0, 0.05) is 10.5 Å². The molecule has 1 aliphatic rings. The smallest absolute Gasteiger partial charge is 0.0336 e. The number of halogens is 1. The normalized spacial score (nSPS) is 15.2. The van der Waals surface area contributed by atoms with Gasteiger partial charge in [0.05, 0.1) is 0 Å². The fraction of sp³-hybridized carbons (Fsp3) is 0.333. The monoisotopic (exact) mass is 329 g/mol. The maximum atomic E-state index is 6.37. The van der Waals surface area contributed by atoms with Gasteiger partial charge < -0.3 is 5.73 Å². The Bertz CT molecular complexity index is 633. The average molecular weight is 330 g/mol. The summed E-state index contributed by atoms with van der Waals surface area (Å²) in [5.41, 5.74) is 13.2.